The predicted octanol–water partition coefficient (Wildman–Crippen LogP) is 0.159. The van der Waals surface area contributed by atoms with E-state index in [9.17, 15) is 19.6 Å². The number of hydrogen-bond donors (Lipinski definition) is 3. The van der Waals surface area contributed by atoms with E-state index in [0.29, 0.717) is 42.1 Å². The maximum absolute atomic E-state index is 12.8. The maximum Gasteiger partial charge on any atom is 0.351 e. The van der Waals surface area contributed by atoms with Gasteiger partial charge in [-0.25, -0.2) is 9.59 Å². The number of nitrogens with one attached hydrogen (secondary N) is 2. The summed E-state index contributed by atoms with van der Waals surface area (Å²) >= 11 is 1.04. The van der Waals surface area contributed by atoms with Crippen LogP contribution in [0.1, 0.15) is 13.8 Å². The molecule has 2 heterocycles. The van der Waals surface area contributed by atoms with Crippen molar-refractivity contribution >= 4 is 46.5 Å². The summed E-state index contributed by atoms with van der Waals surface area (Å²) in [4.78, 5) is 41.3. The normalized spacial score (nSPS) is 15.3. The lowest BCUT2D eigenvalue weighted by Gasteiger charge is -2.34. The number of carbonyl (C=O) groups excluding carboxylic acids is 2. The third kappa shape index (κ3) is 6.51. The van der Waals surface area contributed by atoms with Crippen LogP contribution in [-0.2, 0) is 16.1 Å². The summed E-state index contributed by atoms with van der Waals surface area (Å²) in [6, 6.07) is 8.72. The van der Waals surface area contributed by atoms with E-state index in [1.165, 1.54) is 10.8 Å². The molecule has 1 saturated heterocycles. The Hall–Kier alpha value is -3.66. The molecular weight excluding hydrogens is 484 g/mol. The summed E-state index contributed by atoms with van der Waals surface area (Å²) < 4.78 is 6.90. The van der Waals surface area contributed by atoms with Gasteiger partial charge in [0.2, 0.25) is 0 Å². The fraction of sp³-hybridized carbons (Fsp3) is 0.417. The fourth-order valence-corrected chi connectivity index (χ4v) is 4.77. The number of β-amino-alcohol motifs (C(OH)–C–C–N with tert-alkyl or cyclic N) is 1. The molecule has 0 bridgehead atoms. The molecule has 2 aromatic rings. The molecule has 11 nitrogen and oxygen atoms in total. The van der Waals surface area contributed by atoms with Gasteiger partial charge in [0, 0.05) is 56.8 Å². The number of piperazine rings is 1. The zero-order valence-electron chi connectivity index (χ0n) is 20.3. The van der Waals surface area contributed by atoms with Gasteiger partial charge in [0.25, 0.3) is 5.56 Å². The second-order valence-electron chi connectivity index (χ2n) is 7.88. The van der Waals surface area contributed by atoms with E-state index in [1.807, 2.05) is 6.07 Å². The number of rotatable bonds is 8. The van der Waals surface area contributed by atoms with Gasteiger partial charge in [-0.15, -0.1) is 11.3 Å². The van der Waals surface area contributed by atoms with Crippen molar-refractivity contribution in [3.63, 3.8) is 0 Å². The first-order valence-corrected chi connectivity index (χ1v) is 12.5. The minimum Gasteiger partial charge on any atom is -0.462 e. The van der Waals surface area contributed by atoms with Crippen LogP contribution in [0.3, 0.4) is 0 Å². The standard InChI is InChI=1S/C24H30N6O5S/c1-3-30-21(32)20(36-22(30)19(15-25)23(33)35-4-2)16-26-17-5-7-18(8-6-17)27-24(34)29-11-9-28(10-12-29)13-14-31/h5-8,16,26,31H,3-4,9-14H2,1-2H3,(H,27,34)/b20-16+,22-19+. The number of urea groups is 1. The Balaban J connectivity index is 1.70. The fourth-order valence-electron chi connectivity index (χ4n) is 3.69. The molecule has 3 N–H and O–H groups in total. The van der Waals surface area contributed by atoms with E-state index in [4.69, 9.17) is 9.84 Å². The van der Waals surface area contributed by atoms with Crippen LogP contribution in [0.4, 0.5) is 16.2 Å². The average molecular weight is 515 g/mol. The Labute approximate surface area is 212 Å². The van der Waals surface area contributed by atoms with E-state index < -0.39 is 5.97 Å². The Bertz CT molecular complexity index is 1290. The van der Waals surface area contributed by atoms with Crippen molar-refractivity contribution in [1.29, 1.82) is 5.26 Å². The summed E-state index contributed by atoms with van der Waals surface area (Å²) in [5.74, 6) is -0.757. The average Bonchev–Trinajstić information content (AvgIpc) is 3.19. The van der Waals surface area contributed by atoms with E-state index >= 15 is 0 Å². The lowest BCUT2D eigenvalue weighted by atomic mass is 10.2. The highest BCUT2D eigenvalue weighted by atomic mass is 32.1. The molecule has 36 heavy (non-hydrogen) atoms. The number of anilines is 2. The van der Waals surface area contributed by atoms with Gasteiger partial charge >= 0.3 is 12.0 Å². The van der Waals surface area contributed by atoms with Crippen LogP contribution >= 0.6 is 11.3 Å². The first-order chi connectivity index (χ1) is 17.4. The van der Waals surface area contributed by atoms with Gasteiger partial charge in [-0.1, -0.05) is 0 Å². The molecule has 3 rings (SSSR count). The molecule has 0 unspecified atom stereocenters. The van der Waals surface area contributed by atoms with Crippen LogP contribution in [0.2, 0.25) is 0 Å². The Morgan fingerprint density at radius 3 is 2.42 bits per heavy atom. The molecule has 0 atom stereocenters. The monoisotopic (exact) mass is 514 g/mol. The molecule has 1 aromatic heterocycles. The molecular formula is C24H30N6O5S. The number of esters is 1. The number of ether oxygens (including phenoxy) is 1. The van der Waals surface area contributed by atoms with Crippen LogP contribution in [0.25, 0.3) is 11.8 Å². The highest BCUT2D eigenvalue weighted by Crippen LogP contribution is 2.14. The van der Waals surface area contributed by atoms with Gasteiger partial charge in [-0.05, 0) is 38.1 Å². The number of aliphatic hydroxyl groups excluding tert-OH is 1. The highest BCUT2D eigenvalue weighted by molar-refractivity contribution is 7.07. The molecule has 2 amide bonds. The van der Waals surface area contributed by atoms with Gasteiger partial charge in [0.1, 0.15) is 15.3 Å². The highest BCUT2D eigenvalue weighted by Gasteiger charge is 2.20. The van der Waals surface area contributed by atoms with Crippen molar-refractivity contribution in [2.75, 3.05) is 56.6 Å². The van der Waals surface area contributed by atoms with E-state index in [-0.39, 0.29) is 35.0 Å². The summed E-state index contributed by atoms with van der Waals surface area (Å²) in [6.07, 6.45) is 1.53. The van der Waals surface area contributed by atoms with Gasteiger partial charge in [0.15, 0.2) is 5.57 Å². The maximum atomic E-state index is 12.8. The molecule has 1 aliphatic heterocycles. The molecule has 1 aliphatic rings. The van der Waals surface area contributed by atoms with Crippen molar-refractivity contribution < 1.29 is 19.4 Å². The van der Waals surface area contributed by atoms with Gasteiger partial charge < -0.3 is 25.4 Å². The lowest BCUT2D eigenvalue weighted by molar-refractivity contribution is -0.136. The van der Waals surface area contributed by atoms with Crippen LogP contribution in [0.5, 0.6) is 0 Å². The van der Waals surface area contributed by atoms with Crippen molar-refractivity contribution in [2.45, 2.75) is 20.4 Å². The molecule has 0 aliphatic carbocycles. The summed E-state index contributed by atoms with van der Waals surface area (Å²) in [5, 5.41) is 24.4. The number of nitrogens with zero attached hydrogens (tertiary/aromatic N) is 4. The predicted molar refractivity (Wildman–Crippen MR) is 138 cm³/mol. The Morgan fingerprint density at radius 1 is 1.17 bits per heavy atom. The SMILES string of the molecule is CCOC(=O)/C(C#N)=c1/s/c(=C/Nc2ccc(NC(=O)N3CCN(CCO)CC3)cc2)c(=O)n1CC. The van der Waals surface area contributed by atoms with Gasteiger partial charge in [-0.2, -0.15) is 5.26 Å². The number of nitriles is 1. The molecule has 1 aromatic carbocycles. The van der Waals surface area contributed by atoms with Gasteiger partial charge in [0.05, 0.1) is 13.2 Å². The Kier molecular flexibility index (Phi) is 9.63. The summed E-state index contributed by atoms with van der Waals surface area (Å²) in [7, 11) is 0. The van der Waals surface area contributed by atoms with Crippen molar-refractivity contribution in [2.24, 2.45) is 0 Å². The number of carbonyl (C=O) groups is 2. The summed E-state index contributed by atoms with van der Waals surface area (Å²) in [6.45, 7) is 7.21. The van der Waals surface area contributed by atoms with E-state index in [1.54, 1.807) is 43.0 Å². The molecule has 0 spiro atoms. The lowest BCUT2D eigenvalue weighted by Crippen LogP contribution is -2.50. The minimum absolute atomic E-state index is 0.110. The zero-order chi connectivity index (χ0) is 26.1. The first kappa shape index (κ1) is 26.9. The van der Waals surface area contributed by atoms with Crippen molar-refractivity contribution in [3.8, 4) is 6.07 Å². The summed E-state index contributed by atoms with van der Waals surface area (Å²) in [5.41, 5.74) is 0.816. The topological polar surface area (TPSA) is 140 Å². The van der Waals surface area contributed by atoms with Crippen LogP contribution in [0.15, 0.2) is 29.1 Å². The van der Waals surface area contributed by atoms with Gasteiger partial charge in [-0.3, -0.25) is 14.3 Å². The molecule has 12 heteroatoms. The number of aliphatic hydroxyl groups is 1. The van der Waals surface area contributed by atoms with E-state index in [2.05, 4.69) is 15.5 Å². The third-order valence-electron chi connectivity index (χ3n) is 5.61. The third-order valence-corrected chi connectivity index (χ3v) is 6.74. The quantitative estimate of drug-likeness (QED) is 0.423. The van der Waals surface area contributed by atoms with Crippen LogP contribution in [0, 0.1) is 11.3 Å². The molecule has 1 fully saturated rings. The number of aromatic nitrogens is 1. The second-order valence-corrected chi connectivity index (χ2v) is 8.91. The minimum atomic E-state index is -0.757. The Morgan fingerprint density at radius 2 is 1.83 bits per heavy atom. The van der Waals surface area contributed by atoms with Crippen LogP contribution in [-0.4, -0.2) is 77.4 Å². The molecule has 192 valence electrons. The number of amides is 2. The number of benzene rings is 1. The zero-order valence-corrected chi connectivity index (χ0v) is 21.1. The smallest absolute Gasteiger partial charge is 0.351 e. The van der Waals surface area contributed by atoms with Crippen molar-refractivity contribution in [3.05, 3.63) is 43.8 Å². The van der Waals surface area contributed by atoms with Crippen molar-refractivity contribution in [1.82, 2.24) is 14.4 Å². The second kappa shape index (κ2) is 12.9. The number of thiazole rings is 1. The number of hydrogen-bond acceptors (Lipinski definition) is 9. The molecule has 0 saturated carbocycles. The molecule has 0 radical (unpaired) electrons. The largest absolute Gasteiger partial charge is 0.462 e. The first-order valence-electron chi connectivity index (χ1n) is 11.7. The van der Waals surface area contributed by atoms with Crippen LogP contribution < -0.4 is 25.4 Å². The van der Waals surface area contributed by atoms with E-state index in [0.717, 1.165) is 24.4 Å².